The monoisotopic (exact) mass is 286 g/mol. The zero-order chi connectivity index (χ0) is 14.7. The number of carbonyl (C=O) groups is 1. The number of anilines is 2. The molecule has 0 aromatic heterocycles. The molecule has 114 valence electrons. The predicted molar refractivity (Wildman–Crippen MR) is 87.5 cm³/mol. The maximum absolute atomic E-state index is 11.5. The molecule has 1 aromatic carbocycles. The van der Waals surface area contributed by atoms with Crippen molar-refractivity contribution in [1.82, 2.24) is 0 Å². The number of rotatable bonds is 5. The van der Waals surface area contributed by atoms with Gasteiger partial charge in [0, 0.05) is 23.8 Å². The Hall–Kier alpha value is -1.51. The number of benzene rings is 1. The Morgan fingerprint density at radius 2 is 1.95 bits per heavy atom. The minimum atomic E-state index is 0.0682. The number of hydrogen-bond donors (Lipinski definition) is 2. The van der Waals surface area contributed by atoms with Gasteiger partial charge in [-0.2, -0.15) is 0 Å². The first kappa shape index (κ1) is 14.4. The zero-order valence-corrected chi connectivity index (χ0v) is 12.9. The van der Waals surface area contributed by atoms with Crippen LogP contribution in [0.25, 0.3) is 0 Å². The first-order valence-corrected chi connectivity index (χ1v) is 8.41. The van der Waals surface area contributed by atoms with Crippen molar-refractivity contribution in [2.45, 2.75) is 57.9 Å². The first-order chi connectivity index (χ1) is 10.2. The third-order valence-corrected chi connectivity index (χ3v) is 4.84. The molecule has 0 spiro atoms. The van der Waals surface area contributed by atoms with Crippen LogP contribution in [0.5, 0.6) is 0 Å². The highest BCUT2D eigenvalue weighted by molar-refractivity contribution is 5.90. The van der Waals surface area contributed by atoms with E-state index in [1.807, 2.05) is 25.1 Å². The number of hydrogen-bond acceptors (Lipinski definition) is 2. The summed E-state index contributed by atoms with van der Waals surface area (Å²) in [5.74, 6) is 2.03. The smallest absolute Gasteiger partial charge is 0.224 e. The molecule has 0 aliphatic heterocycles. The van der Waals surface area contributed by atoms with Gasteiger partial charge in [-0.1, -0.05) is 25.8 Å². The van der Waals surface area contributed by atoms with E-state index in [2.05, 4.69) is 16.7 Å². The Labute approximate surface area is 127 Å². The fraction of sp³-hybridized carbons (Fsp3) is 0.611. The van der Waals surface area contributed by atoms with Crippen molar-refractivity contribution in [2.24, 2.45) is 11.8 Å². The van der Waals surface area contributed by atoms with Crippen molar-refractivity contribution in [2.75, 3.05) is 10.6 Å². The van der Waals surface area contributed by atoms with Crippen LogP contribution in [0.3, 0.4) is 0 Å². The molecule has 0 bridgehead atoms. The molecular weight excluding hydrogens is 260 g/mol. The number of amides is 1. The highest BCUT2D eigenvalue weighted by Gasteiger charge is 2.34. The Morgan fingerprint density at radius 1 is 1.14 bits per heavy atom. The lowest BCUT2D eigenvalue weighted by Gasteiger charge is -2.30. The third-order valence-electron chi connectivity index (χ3n) is 4.84. The molecule has 21 heavy (non-hydrogen) atoms. The van der Waals surface area contributed by atoms with Gasteiger partial charge < -0.3 is 10.6 Å². The van der Waals surface area contributed by atoms with Crippen molar-refractivity contribution < 1.29 is 4.79 Å². The van der Waals surface area contributed by atoms with Gasteiger partial charge in [-0.3, -0.25) is 4.79 Å². The largest absolute Gasteiger partial charge is 0.382 e. The predicted octanol–water partition coefficient (Wildman–Crippen LogP) is 4.42. The third kappa shape index (κ3) is 3.99. The van der Waals surface area contributed by atoms with Crippen molar-refractivity contribution in [1.29, 1.82) is 0 Å². The average Bonchev–Trinajstić information content (AvgIpc) is 3.32. The van der Waals surface area contributed by atoms with Crippen molar-refractivity contribution >= 4 is 17.3 Å². The van der Waals surface area contributed by atoms with E-state index in [9.17, 15) is 4.79 Å². The second kappa shape index (κ2) is 6.50. The second-order valence-corrected chi connectivity index (χ2v) is 6.59. The van der Waals surface area contributed by atoms with Gasteiger partial charge in [-0.25, -0.2) is 0 Å². The van der Waals surface area contributed by atoms with Crippen molar-refractivity contribution in [3.05, 3.63) is 24.3 Å². The molecule has 2 aliphatic rings. The van der Waals surface area contributed by atoms with E-state index in [1.54, 1.807) is 0 Å². The topological polar surface area (TPSA) is 41.1 Å². The van der Waals surface area contributed by atoms with E-state index < -0.39 is 0 Å². The molecule has 2 fully saturated rings. The van der Waals surface area contributed by atoms with Gasteiger partial charge in [0.2, 0.25) is 5.91 Å². The van der Waals surface area contributed by atoms with Crippen LogP contribution in [-0.4, -0.2) is 11.9 Å². The number of nitrogens with one attached hydrogen (secondary N) is 2. The summed E-state index contributed by atoms with van der Waals surface area (Å²) in [5.41, 5.74) is 2.02. The summed E-state index contributed by atoms with van der Waals surface area (Å²) in [5, 5.41) is 6.60. The van der Waals surface area contributed by atoms with Crippen LogP contribution in [0.15, 0.2) is 24.3 Å². The SMILES string of the molecule is CCC(=O)Nc1cccc(NC2CCCC(C3CC3)C2)c1. The summed E-state index contributed by atoms with van der Waals surface area (Å²) in [7, 11) is 0. The molecule has 2 atom stereocenters. The molecule has 3 rings (SSSR count). The van der Waals surface area contributed by atoms with Crippen LogP contribution in [0.1, 0.15) is 51.9 Å². The fourth-order valence-electron chi connectivity index (χ4n) is 3.53. The van der Waals surface area contributed by atoms with E-state index in [1.165, 1.54) is 38.5 Å². The van der Waals surface area contributed by atoms with Gasteiger partial charge in [-0.15, -0.1) is 0 Å². The fourth-order valence-corrected chi connectivity index (χ4v) is 3.53. The summed E-state index contributed by atoms with van der Waals surface area (Å²) < 4.78 is 0. The Bertz CT molecular complexity index is 496. The quantitative estimate of drug-likeness (QED) is 0.841. The van der Waals surface area contributed by atoms with E-state index in [4.69, 9.17) is 0 Å². The van der Waals surface area contributed by atoms with Crippen LogP contribution in [0.2, 0.25) is 0 Å². The minimum absolute atomic E-state index is 0.0682. The van der Waals surface area contributed by atoms with Gasteiger partial charge in [0.25, 0.3) is 0 Å². The molecule has 2 aliphatic carbocycles. The van der Waals surface area contributed by atoms with Gasteiger partial charge in [-0.05, 0) is 55.7 Å². The van der Waals surface area contributed by atoms with E-state index in [0.29, 0.717) is 12.5 Å². The molecule has 3 nitrogen and oxygen atoms in total. The molecule has 0 radical (unpaired) electrons. The molecule has 2 unspecified atom stereocenters. The number of carbonyl (C=O) groups excluding carboxylic acids is 1. The summed E-state index contributed by atoms with van der Waals surface area (Å²) in [4.78, 5) is 11.5. The van der Waals surface area contributed by atoms with Crippen LogP contribution in [0.4, 0.5) is 11.4 Å². The normalized spacial score (nSPS) is 25.4. The van der Waals surface area contributed by atoms with Gasteiger partial charge >= 0.3 is 0 Å². The van der Waals surface area contributed by atoms with Gasteiger partial charge in [0.1, 0.15) is 0 Å². The van der Waals surface area contributed by atoms with E-state index in [-0.39, 0.29) is 5.91 Å². The van der Waals surface area contributed by atoms with Gasteiger partial charge in [0.15, 0.2) is 0 Å². The zero-order valence-electron chi connectivity index (χ0n) is 12.9. The summed E-state index contributed by atoms with van der Waals surface area (Å²) >= 11 is 0. The van der Waals surface area contributed by atoms with E-state index in [0.717, 1.165) is 23.2 Å². The lowest BCUT2D eigenvalue weighted by molar-refractivity contribution is -0.115. The minimum Gasteiger partial charge on any atom is -0.382 e. The lowest BCUT2D eigenvalue weighted by Crippen LogP contribution is -2.28. The molecule has 0 heterocycles. The standard InChI is InChI=1S/C18H26N2O/c1-2-18(21)20-17-8-4-7-16(12-17)19-15-6-3-5-14(11-15)13-9-10-13/h4,7-8,12-15,19H,2-3,5-6,9-11H2,1H3,(H,20,21). The van der Waals surface area contributed by atoms with E-state index >= 15 is 0 Å². The average molecular weight is 286 g/mol. The second-order valence-electron chi connectivity index (χ2n) is 6.59. The van der Waals surface area contributed by atoms with Crippen LogP contribution < -0.4 is 10.6 Å². The molecule has 2 N–H and O–H groups in total. The lowest BCUT2D eigenvalue weighted by atomic mass is 9.82. The highest BCUT2D eigenvalue weighted by Crippen LogP contribution is 2.44. The molecule has 1 amide bonds. The maximum Gasteiger partial charge on any atom is 0.224 e. The first-order valence-electron chi connectivity index (χ1n) is 8.41. The highest BCUT2D eigenvalue weighted by atomic mass is 16.1. The Kier molecular flexibility index (Phi) is 4.47. The molecule has 3 heteroatoms. The Morgan fingerprint density at radius 3 is 2.71 bits per heavy atom. The molecular formula is C18H26N2O. The molecule has 0 saturated heterocycles. The van der Waals surface area contributed by atoms with Crippen LogP contribution >= 0.6 is 0 Å². The summed E-state index contributed by atoms with van der Waals surface area (Å²) in [6.45, 7) is 1.87. The van der Waals surface area contributed by atoms with Crippen molar-refractivity contribution in [3.63, 3.8) is 0 Å². The maximum atomic E-state index is 11.5. The molecule has 2 saturated carbocycles. The Balaban J connectivity index is 1.58. The summed E-state index contributed by atoms with van der Waals surface area (Å²) in [6, 6.07) is 8.71. The van der Waals surface area contributed by atoms with Crippen LogP contribution in [0, 0.1) is 11.8 Å². The summed E-state index contributed by atoms with van der Waals surface area (Å²) in [6.07, 6.45) is 8.79. The van der Waals surface area contributed by atoms with Gasteiger partial charge in [0.05, 0.1) is 0 Å². The molecule has 1 aromatic rings. The van der Waals surface area contributed by atoms with Crippen molar-refractivity contribution in [3.8, 4) is 0 Å². The van der Waals surface area contributed by atoms with Crippen LogP contribution in [-0.2, 0) is 4.79 Å².